The van der Waals surface area contributed by atoms with Gasteiger partial charge in [0.1, 0.15) is 0 Å². The normalized spacial score (nSPS) is 17.2. The number of hydrogen-bond donors (Lipinski definition) is 0. The van der Waals surface area contributed by atoms with Crippen molar-refractivity contribution in [2.45, 2.75) is 32.4 Å². The molecule has 4 nitrogen and oxygen atoms in total. The maximum atomic E-state index is 5.47. The van der Waals surface area contributed by atoms with Crippen LogP contribution in [-0.2, 0) is 6.54 Å². The van der Waals surface area contributed by atoms with Crippen molar-refractivity contribution in [3.05, 3.63) is 42.1 Å². The summed E-state index contributed by atoms with van der Waals surface area (Å²) >= 11 is 0. The Bertz CT molecular complexity index is 575. The van der Waals surface area contributed by atoms with E-state index in [1.165, 1.54) is 25.9 Å². The average molecular weight is 299 g/mol. The number of nitrogens with zero attached hydrogens (tertiary/aromatic N) is 3. The molecule has 0 N–H and O–H groups in total. The molecule has 0 spiro atoms. The van der Waals surface area contributed by atoms with Crippen molar-refractivity contribution in [2.75, 3.05) is 26.7 Å². The van der Waals surface area contributed by atoms with E-state index in [1.54, 1.807) is 0 Å². The summed E-state index contributed by atoms with van der Waals surface area (Å²) in [5.41, 5.74) is 2.07. The number of likely N-dealkylation sites (N-methyl/N-ethyl adjacent to an activating group) is 1. The first-order chi connectivity index (χ1) is 10.7. The number of likely N-dealkylation sites (tertiary alicyclic amines) is 1. The van der Waals surface area contributed by atoms with E-state index in [9.17, 15) is 0 Å². The molecule has 4 heteroatoms. The van der Waals surface area contributed by atoms with Gasteiger partial charge < -0.3 is 4.52 Å². The van der Waals surface area contributed by atoms with E-state index in [0.29, 0.717) is 6.04 Å². The van der Waals surface area contributed by atoms with E-state index >= 15 is 0 Å². The predicted molar refractivity (Wildman–Crippen MR) is 88.5 cm³/mol. The van der Waals surface area contributed by atoms with Gasteiger partial charge in [-0.15, -0.1) is 0 Å². The summed E-state index contributed by atoms with van der Waals surface area (Å²) in [4.78, 5) is 4.91. The molecule has 3 rings (SSSR count). The van der Waals surface area contributed by atoms with E-state index in [-0.39, 0.29) is 0 Å². The van der Waals surface area contributed by atoms with Crippen LogP contribution >= 0.6 is 0 Å². The molecule has 0 unspecified atom stereocenters. The van der Waals surface area contributed by atoms with Crippen LogP contribution in [0.25, 0.3) is 11.3 Å². The SMILES string of the molecule is C[C@H](CN(C)Cc1cc(-c2ccccc2)on1)N1CCCC1. The minimum absolute atomic E-state index is 0.605. The van der Waals surface area contributed by atoms with Crippen molar-refractivity contribution in [1.29, 1.82) is 0 Å². The van der Waals surface area contributed by atoms with Gasteiger partial charge in [-0.3, -0.25) is 9.80 Å². The molecule has 0 saturated carbocycles. The van der Waals surface area contributed by atoms with Crippen LogP contribution in [0.4, 0.5) is 0 Å². The highest BCUT2D eigenvalue weighted by atomic mass is 16.5. The second kappa shape index (κ2) is 7.07. The summed E-state index contributed by atoms with van der Waals surface area (Å²) in [7, 11) is 2.16. The molecule has 22 heavy (non-hydrogen) atoms. The van der Waals surface area contributed by atoms with Crippen molar-refractivity contribution in [1.82, 2.24) is 15.0 Å². The molecule has 118 valence electrons. The lowest BCUT2D eigenvalue weighted by atomic mass is 10.1. The first-order valence-electron chi connectivity index (χ1n) is 8.16. The minimum atomic E-state index is 0.605. The largest absolute Gasteiger partial charge is 0.356 e. The van der Waals surface area contributed by atoms with E-state index < -0.39 is 0 Å². The average Bonchev–Trinajstić information content (AvgIpc) is 3.19. The third kappa shape index (κ3) is 3.76. The molecule has 1 fully saturated rings. The van der Waals surface area contributed by atoms with Crippen LogP contribution in [0.2, 0.25) is 0 Å². The Balaban J connectivity index is 1.55. The van der Waals surface area contributed by atoms with Gasteiger partial charge in [-0.25, -0.2) is 0 Å². The zero-order chi connectivity index (χ0) is 15.4. The highest BCUT2D eigenvalue weighted by Gasteiger charge is 2.19. The van der Waals surface area contributed by atoms with Gasteiger partial charge in [0.05, 0.1) is 5.69 Å². The Labute approximate surface area is 132 Å². The fourth-order valence-electron chi connectivity index (χ4n) is 3.21. The highest BCUT2D eigenvalue weighted by Crippen LogP contribution is 2.20. The molecule has 0 bridgehead atoms. The summed E-state index contributed by atoms with van der Waals surface area (Å²) in [5.74, 6) is 0.844. The number of benzene rings is 1. The van der Waals surface area contributed by atoms with E-state index in [0.717, 1.165) is 30.1 Å². The van der Waals surface area contributed by atoms with Crippen LogP contribution in [0.1, 0.15) is 25.5 Å². The van der Waals surface area contributed by atoms with Gasteiger partial charge in [-0.05, 0) is 39.9 Å². The molecule has 2 aromatic rings. The number of aromatic nitrogens is 1. The Kier molecular flexibility index (Phi) is 4.90. The zero-order valence-electron chi connectivity index (χ0n) is 13.5. The van der Waals surface area contributed by atoms with Gasteiger partial charge in [-0.2, -0.15) is 0 Å². The number of hydrogen-bond acceptors (Lipinski definition) is 4. The molecule has 1 aromatic heterocycles. The lowest BCUT2D eigenvalue weighted by Gasteiger charge is -2.27. The molecule has 1 aliphatic rings. The molecule has 1 aromatic carbocycles. The summed E-state index contributed by atoms with van der Waals surface area (Å²) in [6.45, 7) is 6.70. The maximum absolute atomic E-state index is 5.47. The van der Waals surface area contributed by atoms with Crippen molar-refractivity contribution < 1.29 is 4.52 Å². The molecular weight excluding hydrogens is 274 g/mol. The van der Waals surface area contributed by atoms with Crippen LogP contribution in [0.15, 0.2) is 40.9 Å². The lowest BCUT2D eigenvalue weighted by Crippen LogP contribution is -2.39. The Hall–Kier alpha value is -1.65. The number of rotatable bonds is 6. The lowest BCUT2D eigenvalue weighted by molar-refractivity contribution is 0.186. The summed E-state index contributed by atoms with van der Waals surface area (Å²) < 4.78 is 5.47. The topological polar surface area (TPSA) is 32.5 Å². The Morgan fingerprint density at radius 2 is 1.95 bits per heavy atom. The smallest absolute Gasteiger partial charge is 0.167 e. The minimum Gasteiger partial charge on any atom is -0.356 e. The zero-order valence-corrected chi connectivity index (χ0v) is 13.5. The molecule has 1 aliphatic heterocycles. The van der Waals surface area contributed by atoms with Gasteiger partial charge >= 0.3 is 0 Å². The fraction of sp³-hybridized carbons (Fsp3) is 0.500. The van der Waals surface area contributed by atoms with Crippen molar-refractivity contribution in [2.24, 2.45) is 0 Å². The van der Waals surface area contributed by atoms with Crippen molar-refractivity contribution >= 4 is 0 Å². The molecule has 0 radical (unpaired) electrons. The maximum Gasteiger partial charge on any atom is 0.167 e. The quantitative estimate of drug-likeness (QED) is 0.819. The molecule has 0 amide bonds. The van der Waals surface area contributed by atoms with Gasteiger partial charge in [-0.1, -0.05) is 35.5 Å². The molecule has 0 aliphatic carbocycles. The van der Waals surface area contributed by atoms with Gasteiger partial charge in [0.2, 0.25) is 0 Å². The molecule has 1 saturated heterocycles. The first kappa shape index (κ1) is 15.3. The standard InChI is InChI=1S/C18H25N3O/c1-15(21-10-6-7-11-21)13-20(2)14-17-12-18(22-19-17)16-8-4-3-5-9-16/h3-5,8-9,12,15H,6-7,10-11,13-14H2,1-2H3/t15-/m1/s1. The van der Waals surface area contributed by atoms with Crippen LogP contribution in [0, 0.1) is 0 Å². The summed E-state index contributed by atoms with van der Waals surface area (Å²) in [6.07, 6.45) is 2.69. The third-order valence-electron chi connectivity index (χ3n) is 4.39. The van der Waals surface area contributed by atoms with Gasteiger partial charge in [0, 0.05) is 30.8 Å². The molecule has 1 atom stereocenters. The van der Waals surface area contributed by atoms with Crippen LogP contribution in [0.5, 0.6) is 0 Å². The van der Waals surface area contributed by atoms with Crippen molar-refractivity contribution in [3.8, 4) is 11.3 Å². The predicted octanol–water partition coefficient (Wildman–Crippen LogP) is 3.26. The second-order valence-electron chi connectivity index (χ2n) is 6.34. The summed E-state index contributed by atoms with van der Waals surface area (Å²) in [6, 6.07) is 12.8. The van der Waals surface area contributed by atoms with Gasteiger partial charge in [0.15, 0.2) is 5.76 Å². The summed E-state index contributed by atoms with van der Waals surface area (Å²) in [5, 5.41) is 4.21. The van der Waals surface area contributed by atoms with E-state index in [4.69, 9.17) is 4.52 Å². The molecular formula is C18H25N3O. The molecule has 2 heterocycles. The van der Waals surface area contributed by atoms with Crippen molar-refractivity contribution in [3.63, 3.8) is 0 Å². The Morgan fingerprint density at radius 1 is 1.23 bits per heavy atom. The monoisotopic (exact) mass is 299 g/mol. The second-order valence-corrected chi connectivity index (χ2v) is 6.34. The first-order valence-corrected chi connectivity index (χ1v) is 8.16. The van der Waals surface area contributed by atoms with Crippen LogP contribution < -0.4 is 0 Å². The van der Waals surface area contributed by atoms with Gasteiger partial charge in [0.25, 0.3) is 0 Å². The fourth-order valence-corrected chi connectivity index (χ4v) is 3.21. The van der Waals surface area contributed by atoms with Crippen LogP contribution in [-0.4, -0.2) is 47.7 Å². The third-order valence-corrected chi connectivity index (χ3v) is 4.39. The van der Waals surface area contributed by atoms with Crippen LogP contribution in [0.3, 0.4) is 0 Å². The Morgan fingerprint density at radius 3 is 2.68 bits per heavy atom. The highest BCUT2D eigenvalue weighted by molar-refractivity contribution is 5.56. The van der Waals surface area contributed by atoms with E-state index in [2.05, 4.69) is 28.9 Å². The van der Waals surface area contributed by atoms with E-state index in [1.807, 2.05) is 36.4 Å².